The SMILES string of the molecule is CC(C)(C)c1ccc2c(c1)c1cc(C(C)(C)C)cc3c4c5oc6cc7c8ccc(N(c9ccccc9)c9ccccc9)c9c%10ccccc%10n(c7cc6c5ccc4n2c13)c89. The normalized spacial score (nSPS) is 13.2. The number of hydrogen-bond acceptors (Lipinski definition) is 2. The second-order valence-corrected chi connectivity index (χ2v) is 19.0. The maximum atomic E-state index is 7.16. The van der Waals surface area contributed by atoms with E-state index in [4.69, 9.17) is 4.42 Å². The van der Waals surface area contributed by atoms with E-state index in [1.54, 1.807) is 0 Å². The van der Waals surface area contributed by atoms with Gasteiger partial charge in [0.1, 0.15) is 11.2 Å². The smallest absolute Gasteiger partial charge is 0.145 e. The first-order valence-electron chi connectivity index (χ1n) is 21.2. The molecule has 4 heteroatoms. The van der Waals surface area contributed by atoms with E-state index in [-0.39, 0.29) is 10.8 Å². The molecule has 8 aromatic carbocycles. The largest absolute Gasteiger partial charge is 0.455 e. The molecule has 0 atom stereocenters. The molecule has 0 aliphatic rings. The van der Waals surface area contributed by atoms with Crippen molar-refractivity contribution < 1.29 is 4.42 Å². The molecule has 0 amide bonds. The van der Waals surface area contributed by atoms with Crippen molar-refractivity contribution in [2.45, 2.75) is 52.4 Å². The van der Waals surface area contributed by atoms with Crippen LogP contribution in [0.5, 0.6) is 0 Å². The van der Waals surface area contributed by atoms with Gasteiger partial charge in [-0.15, -0.1) is 0 Å². The summed E-state index contributed by atoms with van der Waals surface area (Å²) in [6, 6.07) is 56.3. The van der Waals surface area contributed by atoms with Crippen molar-refractivity contribution >= 4 is 115 Å². The Morgan fingerprint density at radius 3 is 1.73 bits per heavy atom. The summed E-state index contributed by atoms with van der Waals surface area (Å²) in [7, 11) is 0. The Kier molecular flexibility index (Phi) is 6.42. The van der Waals surface area contributed by atoms with Gasteiger partial charge in [-0.25, -0.2) is 0 Å². The van der Waals surface area contributed by atoms with Gasteiger partial charge in [0.2, 0.25) is 0 Å². The number of nitrogens with zero attached hydrogens (tertiary/aromatic N) is 3. The van der Waals surface area contributed by atoms with Crippen molar-refractivity contribution in [3.05, 3.63) is 163 Å². The first-order chi connectivity index (χ1) is 29.0. The van der Waals surface area contributed by atoms with Crippen LogP contribution in [0, 0.1) is 0 Å². The lowest BCUT2D eigenvalue weighted by atomic mass is 9.84. The summed E-state index contributed by atoms with van der Waals surface area (Å²) in [5.74, 6) is 0. The molecule has 60 heavy (non-hydrogen) atoms. The number of hydrogen-bond donors (Lipinski definition) is 0. The molecule has 5 aromatic heterocycles. The number of furan rings is 1. The quantitative estimate of drug-likeness (QED) is 0.179. The summed E-state index contributed by atoms with van der Waals surface area (Å²) in [4.78, 5) is 2.40. The fraction of sp³-hybridized carbons (Fsp3) is 0.143. The van der Waals surface area contributed by atoms with Crippen LogP contribution in [0.25, 0.3) is 98.1 Å². The molecule has 288 valence electrons. The predicted molar refractivity (Wildman–Crippen MR) is 255 cm³/mol. The second-order valence-electron chi connectivity index (χ2n) is 19.0. The van der Waals surface area contributed by atoms with Gasteiger partial charge in [-0.3, -0.25) is 0 Å². The lowest BCUT2D eigenvalue weighted by Crippen LogP contribution is -2.11. The lowest BCUT2D eigenvalue weighted by Gasteiger charge is -2.26. The Labute approximate surface area is 347 Å². The summed E-state index contributed by atoms with van der Waals surface area (Å²) in [6.07, 6.45) is 0. The number of fused-ring (bicyclic) bond motifs is 16. The van der Waals surface area contributed by atoms with Crippen molar-refractivity contribution in [1.29, 1.82) is 0 Å². The van der Waals surface area contributed by atoms with Gasteiger partial charge >= 0.3 is 0 Å². The zero-order valence-electron chi connectivity index (χ0n) is 34.7. The predicted octanol–water partition coefficient (Wildman–Crippen LogP) is 16.0. The fourth-order valence-corrected chi connectivity index (χ4v) is 10.5. The zero-order valence-corrected chi connectivity index (χ0v) is 34.7. The minimum absolute atomic E-state index is 0.0244. The number of rotatable bonds is 3. The van der Waals surface area contributed by atoms with Gasteiger partial charge in [0.15, 0.2) is 0 Å². The van der Waals surface area contributed by atoms with Crippen LogP contribution in [-0.4, -0.2) is 8.80 Å². The van der Waals surface area contributed by atoms with Crippen LogP contribution in [0.15, 0.2) is 156 Å². The Morgan fingerprint density at radius 2 is 1.00 bits per heavy atom. The van der Waals surface area contributed by atoms with Crippen molar-refractivity contribution in [3.63, 3.8) is 0 Å². The highest BCUT2D eigenvalue weighted by molar-refractivity contribution is 6.32. The fourth-order valence-electron chi connectivity index (χ4n) is 10.5. The average Bonchev–Trinajstić information content (AvgIpc) is 4.04. The highest BCUT2D eigenvalue weighted by Crippen LogP contribution is 2.50. The van der Waals surface area contributed by atoms with Crippen LogP contribution >= 0.6 is 0 Å². The molecule has 0 fully saturated rings. The van der Waals surface area contributed by atoms with Gasteiger partial charge in [-0.1, -0.05) is 108 Å². The highest BCUT2D eigenvalue weighted by atomic mass is 16.3. The van der Waals surface area contributed by atoms with E-state index in [0.29, 0.717) is 0 Å². The van der Waals surface area contributed by atoms with E-state index < -0.39 is 0 Å². The van der Waals surface area contributed by atoms with E-state index in [1.807, 2.05) is 0 Å². The van der Waals surface area contributed by atoms with Crippen LogP contribution in [0.1, 0.15) is 52.7 Å². The van der Waals surface area contributed by atoms with E-state index in [9.17, 15) is 0 Å². The topological polar surface area (TPSA) is 25.2 Å². The molecule has 0 bridgehead atoms. The molecule has 4 nitrogen and oxygen atoms in total. The first-order valence-corrected chi connectivity index (χ1v) is 21.2. The monoisotopic (exact) mass is 773 g/mol. The molecule has 0 saturated carbocycles. The van der Waals surface area contributed by atoms with E-state index in [0.717, 1.165) is 39.0 Å². The van der Waals surface area contributed by atoms with Crippen LogP contribution in [0.3, 0.4) is 0 Å². The van der Waals surface area contributed by atoms with Crippen LogP contribution in [-0.2, 0) is 10.8 Å². The average molecular weight is 774 g/mol. The summed E-state index contributed by atoms with van der Waals surface area (Å²) >= 11 is 0. The molecule has 5 heterocycles. The van der Waals surface area contributed by atoms with Gasteiger partial charge in [-0.05, 0) is 107 Å². The van der Waals surface area contributed by atoms with Crippen LogP contribution < -0.4 is 4.90 Å². The summed E-state index contributed by atoms with van der Waals surface area (Å²) in [5, 5.41) is 12.3. The number of anilines is 3. The summed E-state index contributed by atoms with van der Waals surface area (Å²) < 4.78 is 12.1. The van der Waals surface area contributed by atoms with Gasteiger partial charge in [0.25, 0.3) is 0 Å². The van der Waals surface area contributed by atoms with Gasteiger partial charge in [0.05, 0.1) is 44.2 Å². The van der Waals surface area contributed by atoms with Crippen molar-refractivity contribution in [3.8, 4) is 0 Å². The minimum atomic E-state index is -0.0244. The van der Waals surface area contributed by atoms with Gasteiger partial charge < -0.3 is 18.1 Å². The van der Waals surface area contributed by atoms with E-state index in [2.05, 4.69) is 207 Å². The number of benzene rings is 8. The van der Waals surface area contributed by atoms with Gasteiger partial charge in [-0.2, -0.15) is 0 Å². The second kappa shape index (κ2) is 11.4. The third-order valence-electron chi connectivity index (χ3n) is 13.4. The molecule has 0 aliphatic carbocycles. The molecule has 0 saturated heterocycles. The molecule has 13 rings (SSSR count). The van der Waals surface area contributed by atoms with E-state index >= 15 is 0 Å². The maximum Gasteiger partial charge on any atom is 0.145 e. The molecule has 0 radical (unpaired) electrons. The van der Waals surface area contributed by atoms with Crippen molar-refractivity contribution in [2.24, 2.45) is 0 Å². The number of para-hydroxylation sites is 3. The Morgan fingerprint density at radius 1 is 0.400 bits per heavy atom. The minimum Gasteiger partial charge on any atom is -0.455 e. The van der Waals surface area contributed by atoms with Crippen molar-refractivity contribution in [1.82, 2.24) is 8.80 Å². The third-order valence-corrected chi connectivity index (χ3v) is 13.4. The number of aromatic nitrogens is 2. The Balaban J connectivity index is 1.12. The Bertz CT molecular complexity index is 3850. The first kappa shape index (κ1) is 33.9. The van der Waals surface area contributed by atoms with Crippen LogP contribution in [0.4, 0.5) is 17.1 Å². The molecule has 0 spiro atoms. The third kappa shape index (κ3) is 4.35. The molecule has 0 unspecified atom stereocenters. The lowest BCUT2D eigenvalue weighted by molar-refractivity contribution is 0.590. The highest BCUT2D eigenvalue weighted by Gasteiger charge is 2.28. The van der Waals surface area contributed by atoms with Crippen LogP contribution in [0.2, 0.25) is 0 Å². The molecule has 0 N–H and O–H groups in total. The zero-order chi connectivity index (χ0) is 40.4. The summed E-state index contributed by atoms with van der Waals surface area (Å²) in [6.45, 7) is 13.9. The maximum absolute atomic E-state index is 7.16. The Hall–Kier alpha value is -7.04. The standard InChI is InChI=1S/C56H43N3O/c1-55(2,3)32-21-24-45-39(27-32)42-28-33(56(4,5)6)29-43-51-47(58(45)52(42)43)26-23-37-41-30-48-40(31-49(41)60-54(37)51)36-22-25-46(50-38-19-13-14-20-44(38)59(48)53(36)50)57(34-15-9-7-10-16-34)35-17-11-8-12-18-35/h7-31H,1-6H3. The van der Waals surface area contributed by atoms with E-state index in [1.165, 1.54) is 87.3 Å². The molecular weight excluding hydrogens is 731 g/mol. The van der Waals surface area contributed by atoms with Crippen molar-refractivity contribution in [2.75, 3.05) is 4.90 Å². The molecule has 0 aliphatic heterocycles. The summed E-state index contributed by atoms with van der Waals surface area (Å²) in [5.41, 5.74) is 15.4. The molecular formula is C56H43N3O. The van der Waals surface area contributed by atoms with Gasteiger partial charge in [0, 0.05) is 59.9 Å². The molecule has 13 aromatic rings.